The molecule has 1 aromatic carbocycles. The molecule has 0 bridgehead atoms. The van der Waals surface area contributed by atoms with Crippen LogP contribution in [0.4, 0.5) is 0 Å². The average molecular weight is 226 g/mol. The molecule has 90 valence electrons. The quantitative estimate of drug-likeness (QED) is 0.638. The van der Waals surface area contributed by atoms with Gasteiger partial charge in [-0.1, -0.05) is 62.4 Å². The number of rotatable bonds is 4. The molecule has 2 rings (SSSR count). The van der Waals surface area contributed by atoms with Gasteiger partial charge in [-0.25, -0.2) is 0 Å². The summed E-state index contributed by atoms with van der Waals surface area (Å²) in [7, 11) is 0. The second-order valence-electron chi connectivity index (χ2n) is 5.64. The summed E-state index contributed by atoms with van der Waals surface area (Å²) in [5.41, 5.74) is 1.73. The molecule has 17 heavy (non-hydrogen) atoms. The monoisotopic (exact) mass is 226 g/mol. The number of hydrogen-bond acceptors (Lipinski definition) is 0. The van der Waals surface area contributed by atoms with Gasteiger partial charge in [0.15, 0.2) is 0 Å². The van der Waals surface area contributed by atoms with Gasteiger partial charge in [0, 0.05) is 0 Å². The smallest absolute Gasteiger partial charge is 0.0179 e. The van der Waals surface area contributed by atoms with Crippen LogP contribution in [0.5, 0.6) is 0 Å². The average Bonchev–Trinajstić information content (AvgIpc) is 2.34. The maximum absolute atomic E-state index is 3.92. The molecule has 0 heterocycles. The first kappa shape index (κ1) is 12.2. The van der Waals surface area contributed by atoms with Crippen LogP contribution in [0.15, 0.2) is 49.1 Å². The molecular weight excluding hydrogens is 204 g/mol. The van der Waals surface area contributed by atoms with E-state index in [4.69, 9.17) is 0 Å². The van der Waals surface area contributed by atoms with Crippen molar-refractivity contribution in [2.45, 2.75) is 26.7 Å². The van der Waals surface area contributed by atoms with E-state index in [2.05, 4.69) is 69.0 Å². The predicted octanol–water partition coefficient (Wildman–Crippen LogP) is 4.94. The van der Waals surface area contributed by atoms with Gasteiger partial charge in [-0.2, -0.15) is 0 Å². The summed E-state index contributed by atoms with van der Waals surface area (Å²) >= 11 is 0. The third-order valence-electron chi connectivity index (χ3n) is 4.36. The van der Waals surface area contributed by atoms with Gasteiger partial charge < -0.3 is 0 Å². The minimum atomic E-state index is 0.433. The molecule has 0 aliphatic heterocycles. The summed E-state index contributed by atoms with van der Waals surface area (Å²) in [5.74, 6) is 1.52. The number of allylic oxidation sites excluding steroid dienone is 2. The van der Waals surface area contributed by atoms with Crippen LogP contribution in [0, 0.1) is 17.3 Å². The number of benzene rings is 1. The molecule has 0 saturated heterocycles. The first-order valence-electron chi connectivity index (χ1n) is 6.48. The van der Waals surface area contributed by atoms with E-state index in [0.29, 0.717) is 11.3 Å². The van der Waals surface area contributed by atoms with Crippen LogP contribution >= 0.6 is 0 Å². The van der Waals surface area contributed by atoms with Crippen LogP contribution < -0.4 is 0 Å². The Bertz CT molecular complexity index is 397. The first-order valence-corrected chi connectivity index (χ1v) is 6.48. The zero-order chi connectivity index (χ0) is 12.3. The summed E-state index contributed by atoms with van der Waals surface area (Å²) in [5, 5.41) is 0. The zero-order valence-corrected chi connectivity index (χ0v) is 10.9. The van der Waals surface area contributed by atoms with Gasteiger partial charge in [0.2, 0.25) is 0 Å². The lowest BCUT2D eigenvalue weighted by molar-refractivity contribution is 0.0144. The SMILES string of the molecule is C=C[C@@H]1C[C@H](C/C=C\c2ccccc2)C1(C)C. The van der Waals surface area contributed by atoms with Crippen molar-refractivity contribution in [3.05, 3.63) is 54.6 Å². The van der Waals surface area contributed by atoms with Crippen molar-refractivity contribution in [3.63, 3.8) is 0 Å². The molecule has 0 spiro atoms. The highest BCUT2D eigenvalue weighted by Crippen LogP contribution is 2.53. The van der Waals surface area contributed by atoms with E-state index in [-0.39, 0.29) is 0 Å². The van der Waals surface area contributed by atoms with E-state index in [1.807, 2.05) is 0 Å². The molecule has 0 radical (unpaired) electrons. The molecule has 1 saturated carbocycles. The summed E-state index contributed by atoms with van der Waals surface area (Å²) < 4.78 is 0. The molecule has 0 unspecified atom stereocenters. The summed E-state index contributed by atoms with van der Waals surface area (Å²) in [6.45, 7) is 8.65. The maximum atomic E-state index is 3.92. The third-order valence-corrected chi connectivity index (χ3v) is 4.36. The van der Waals surface area contributed by atoms with Crippen LogP contribution in [-0.2, 0) is 0 Å². The Morgan fingerprint density at radius 1 is 1.29 bits per heavy atom. The van der Waals surface area contributed by atoms with Gasteiger partial charge in [0.05, 0.1) is 0 Å². The van der Waals surface area contributed by atoms with Gasteiger partial charge in [-0.3, -0.25) is 0 Å². The largest absolute Gasteiger partial charge is 0.103 e. The van der Waals surface area contributed by atoms with Crippen LogP contribution in [0.25, 0.3) is 6.08 Å². The topological polar surface area (TPSA) is 0 Å². The standard InChI is InChI=1S/C17H22/c1-4-15-13-16(17(15,2)3)12-8-11-14-9-6-5-7-10-14/h4-11,15-16H,1,12-13H2,2-3H3/b11-8-/t15-,16+/m1/s1. The molecule has 0 aromatic heterocycles. The van der Waals surface area contributed by atoms with Gasteiger partial charge in [-0.05, 0) is 35.7 Å². The van der Waals surface area contributed by atoms with E-state index in [1.54, 1.807) is 0 Å². The van der Waals surface area contributed by atoms with Crippen LogP contribution in [0.3, 0.4) is 0 Å². The normalized spacial score (nSPS) is 26.7. The summed E-state index contributed by atoms with van der Waals surface area (Å²) in [4.78, 5) is 0. The van der Waals surface area contributed by atoms with E-state index >= 15 is 0 Å². The Balaban J connectivity index is 1.88. The zero-order valence-electron chi connectivity index (χ0n) is 10.9. The molecule has 0 N–H and O–H groups in total. The van der Waals surface area contributed by atoms with Crippen LogP contribution in [-0.4, -0.2) is 0 Å². The Morgan fingerprint density at radius 3 is 2.59 bits per heavy atom. The molecular formula is C17H22. The van der Waals surface area contributed by atoms with E-state index < -0.39 is 0 Å². The van der Waals surface area contributed by atoms with Gasteiger partial charge in [-0.15, -0.1) is 6.58 Å². The van der Waals surface area contributed by atoms with Crippen LogP contribution in [0.2, 0.25) is 0 Å². The van der Waals surface area contributed by atoms with Crippen molar-refractivity contribution in [2.75, 3.05) is 0 Å². The molecule has 0 heteroatoms. The lowest BCUT2D eigenvalue weighted by atomic mass is 9.54. The lowest BCUT2D eigenvalue weighted by Gasteiger charge is -2.51. The highest BCUT2D eigenvalue weighted by Gasteiger charge is 2.45. The predicted molar refractivity (Wildman–Crippen MR) is 75.7 cm³/mol. The van der Waals surface area contributed by atoms with Gasteiger partial charge in [0.25, 0.3) is 0 Å². The molecule has 0 amide bonds. The summed E-state index contributed by atoms with van der Waals surface area (Å²) in [6, 6.07) is 10.5. The van der Waals surface area contributed by atoms with Crippen molar-refractivity contribution in [2.24, 2.45) is 17.3 Å². The molecule has 1 aliphatic carbocycles. The molecule has 1 aromatic rings. The molecule has 1 fully saturated rings. The maximum Gasteiger partial charge on any atom is -0.0179 e. The van der Waals surface area contributed by atoms with Crippen LogP contribution in [0.1, 0.15) is 32.3 Å². The highest BCUT2D eigenvalue weighted by molar-refractivity contribution is 5.48. The highest BCUT2D eigenvalue weighted by atomic mass is 14.5. The molecule has 1 aliphatic rings. The molecule has 0 nitrogen and oxygen atoms in total. The molecule has 2 atom stereocenters. The second-order valence-corrected chi connectivity index (χ2v) is 5.64. The van der Waals surface area contributed by atoms with Gasteiger partial charge >= 0.3 is 0 Å². The van der Waals surface area contributed by atoms with E-state index in [0.717, 1.165) is 5.92 Å². The summed E-state index contributed by atoms with van der Waals surface area (Å²) in [6.07, 6.45) is 9.16. The minimum Gasteiger partial charge on any atom is -0.103 e. The lowest BCUT2D eigenvalue weighted by Crippen LogP contribution is -2.43. The Labute approximate surface area is 105 Å². The fraction of sp³-hybridized carbons (Fsp3) is 0.412. The fourth-order valence-electron chi connectivity index (χ4n) is 2.79. The van der Waals surface area contributed by atoms with Crippen molar-refractivity contribution >= 4 is 6.08 Å². The number of hydrogen-bond donors (Lipinski definition) is 0. The third kappa shape index (κ3) is 2.52. The van der Waals surface area contributed by atoms with Gasteiger partial charge in [0.1, 0.15) is 0 Å². The van der Waals surface area contributed by atoms with Crippen molar-refractivity contribution in [3.8, 4) is 0 Å². The Morgan fingerprint density at radius 2 is 2.00 bits per heavy atom. The fourth-order valence-corrected chi connectivity index (χ4v) is 2.79. The first-order chi connectivity index (χ1) is 8.14. The van der Waals surface area contributed by atoms with Crippen molar-refractivity contribution < 1.29 is 0 Å². The second kappa shape index (κ2) is 4.91. The van der Waals surface area contributed by atoms with E-state index in [9.17, 15) is 0 Å². The Hall–Kier alpha value is -1.30. The van der Waals surface area contributed by atoms with Crippen molar-refractivity contribution in [1.82, 2.24) is 0 Å². The van der Waals surface area contributed by atoms with Crippen molar-refractivity contribution in [1.29, 1.82) is 0 Å². The Kier molecular flexibility index (Phi) is 3.51. The van der Waals surface area contributed by atoms with E-state index in [1.165, 1.54) is 18.4 Å². The minimum absolute atomic E-state index is 0.433.